The molecule has 0 amide bonds. The first kappa shape index (κ1) is 11.0. The smallest absolute Gasteiger partial charge is 0.0724 e. The largest absolute Gasteiger partial charge is 0.385 e. The van der Waals surface area contributed by atoms with E-state index in [1.165, 1.54) is 13.0 Å². The van der Waals surface area contributed by atoms with Crippen LogP contribution in [0.4, 0.5) is 0 Å². The zero-order valence-electron chi connectivity index (χ0n) is 8.79. The van der Waals surface area contributed by atoms with Crippen molar-refractivity contribution in [2.75, 3.05) is 40.0 Å². The molecule has 13 heavy (non-hydrogen) atoms. The highest BCUT2D eigenvalue weighted by Gasteiger charge is 2.18. The lowest BCUT2D eigenvalue weighted by atomic mass is 10.2. The van der Waals surface area contributed by atoms with Crippen LogP contribution < -0.4 is 0 Å². The zero-order valence-corrected chi connectivity index (χ0v) is 8.79. The van der Waals surface area contributed by atoms with Crippen molar-refractivity contribution in [1.29, 1.82) is 0 Å². The van der Waals surface area contributed by atoms with Crippen LogP contribution in [0.15, 0.2) is 0 Å². The summed E-state index contributed by atoms with van der Waals surface area (Å²) in [5.74, 6) is 0. The molecule has 1 rings (SSSR count). The van der Waals surface area contributed by atoms with Gasteiger partial charge in [-0.2, -0.15) is 0 Å². The normalized spacial score (nSPS) is 24.9. The van der Waals surface area contributed by atoms with Gasteiger partial charge < -0.3 is 9.47 Å². The minimum atomic E-state index is 0.389. The van der Waals surface area contributed by atoms with Gasteiger partial charge >= 0.3 is 0 Å². The fourth-order valence-corrected chi connectivity index (χ4v) is 1.72. The van der Waals surface area contributed by atoms with E-state index in [1.54, 1.807) is 7.11 Å². The van der Waals surface area contributed by atoms with Crippen molar-refractivity contribution in [1.82, 2.24) is 4.90 Å². The molecule has 3 heteroatoms. The third-order valence-electron chi connectivity index (χ3n) is 2.41. The molecule has 1 heterocycles. The van der Waals surface area contributed by atoms with Gasteiger partial charge in [0.05, 0.1) is 12.7 Å². The lowest BCUT2D eigenvalue weighted by molar-refractivity contribution is -0.0405. The summed E-state index contributed by atoms with van der Waals surface area (Å²) >= 11 is 0. The third-order valence-corrected chi connectivity index (χ3v) is 2.41. The topological polar surface area (TPSA) is 21.7 Å². The quantitative estimate of drug-likeness (QED) is 0.644. The van der Waals surface area contributed by atoms with Gasteiger partial charge in [0.2, 0.25) is 0 Å². The predicted molar refractivity (Wildman–Crippen MR) is 53.0 cm³/mol. The van der Waals surface area contributed by atoms with E-state index in [0.29, 0.717) is 6.10 Å². The highest BCUT2D eigenvalue weighted by atomic mass is 16.5. The standard InChI is InChI=1S/C10H21NO2/c1-3-5-11-6-8-13-10(9-11)4-7-12-2/h10H,3-9H2,1-2H3. The molecular formula is C10H21NO2. The van der Waals surface area contributed by atoms with E-state index in [1.807, 2.05) is 0 Å². The maximum atomic E-state index is 5.63. The molecule has 1 atom stereocenters. The summed E-state index contributed by atoms with van der Waals surface area (Å²) < 4.78 is 10.7. The number of hydrogen-bond acceptors (Lipinski definition) is 3. The average Bonchev–Trinajstić information content (AvgIpc) is 2.16. The number of nitrogens with zero attached hydrogens (tertiary/aromatic N) is 1. The number of ether oxygens (including phenoxy) is 2. The first-order valence-electron chi connectivity index (χ1n) is 5.19. The number of morpholine rings is 1. The molecular weight excluding hydrogens is 166 g/mol. The minimum Gasteiger partial charge on any atom is -0.385 e. The monoisotopic (exact) mass is 187 g/mol. The molecule has 0 saturated carbocycles. The first-order valence-corrected chi connectivity index (χ1v) is 5.19. The number of hydrogen-bond donors (Lipinski definition) is 0. The van der Waals surface area contributed by atoms with Crippen molar-refractivity contribution in [2.45, 2.75) is 25.9 Å². The van der Waals surface area contributed by atoms with Crippen molar-refractivity contribution < 1.29 is 9.47 Å². The van der Waals surface area contributed by atoms with Gasteiger partial charge in [-0.1, -0.05) is 6.92 Å². The number of methoxy groups -OCH3 is 1. The van der Waals surface area contributed by atoms with Crippen LogP contribution in [0.3, 0.4) is 0 Å². The van der Waals surface area contributed by atoms with Crippen LogP contribution in [-0.4, -0.2) is 51.0 Å². The maximum absolute atomic E-state index is 5.63. The summed E-state index contributed by atoms with van der Waals surface area (Å²) in [7, 11) is 1.74. The highest BCUT2D eigenvalue weighted by Crippen LogP contribution is 2.08. The fraction of sp³-hybridized carbons (Fsp3) is 1.00. The first-order chi connectivity index (χ1) is 6.36. The molecule has 0 N–H and O–H groups in total. The van der Waals surface area contributed by atoms with Crippen molar-refractivity contribution in [3.05, 3.63) is 0 Å². The Morgan fingerprint density at radius 2 is 2.38 bits per heavy atom. The van der Waals surface area contributed by atoms with Gasteiger partial charge in [-0.15, -0.1) is 0 Å². The Bertz CT molecular complexity index is 128. The molecule has 0 radical (unpaired) electrons. The van der Waals surface area contributed by atoms with E-state index in [4.69, 9.17) is 9.47 Å². The lowest BCUT2D eigenvalue weighted by Gasteiger charge is -2.32. The molecule has 1 aliphatic rings. The maximum Gasteiger partial charge on any atom is 0.0724 e. The van der Waals surface area contributed by atoms with Gasteiger partial charge in [0, 0.05) is 26.8 Å². The molecule has 0 aromatic heterocycles. The predicted octanol–water partition coefficient (Wildman–Crippen LogP) is 1.13. The minimum absolute atomic E-state index is 0.389. The van der Waals surface area contributed by atoms with Crippen molar-refractivity contribution in [3.8, 4) is 0 Å². The van der Waals surface area contributed by atoms with E-state index in [0.717, 1.165) is 32.7 Å². The Labute approximate surface area is 81.0 Å². The van der Waals surface area contributed by atoms with Gasteiger partial charge in [-0.05, 0) is 19.4 Å². The second-order valence-corrected chi connectivity index (χ2v) is 3.57. The fourth-order valence-electron chi connectivity index (χ4n) is 1.72. The zero-order chi connectivity index (χ0) is 9.52. The van der Waals surface area contributed by atoms with Crippen LogP contribution in [0.25, 0.3) is 0 Å². The van der Waals surface area contributed by atoms with Crippen molar-refractivity contribution in [3.63, 3.8) is 0 Å². The van der Waals surface area contributed by atoms with Crippen molar-refractivity contribution in [2.24, 2.45) is 0 Å². The average molecular weight is 187 g/mol. The van der Waals surface area contributed by atoms with Crippen LogP contribution in [-0.2, 0) is 9.47 Å². The van der Waals surface area contributed by atoms with Gasteiger partial charge in [0.1, 0.15) is 0 Å². The summed E-state index contributed by atoms with van der Waals surface area (Å²) in [6.45, 7) is 7.29. The Balaban J connectivity index is 2.16. The second-order valence-electron chi connectivity index (χ2n) is 3.57. The Hall–Kier alpha value is -0.120. The Morgan fingerprint density at radius 1 is 1.54 bits per heavy atom. The van der Waals surface area contributed by atoms with Crippen LogP contribution in [0.2, 0.25) is 0 Å². The molecule has 0 aliphatic carbocycles. The highest BCUT2D eigenvalue weighted by molar-refractivity contribution is 4.70. The lowest BCUT2D eigenvalue weighted by Crippen LogP contribution is -2.43. The molecule has 0 spiro atoms. The molecule has 3 nitrogen and oxygen atoms in total. The van der Waals surface area contributed by atoms with Gasteiger partial charge in [0.25, 0.3) is 0 Å². The Kier molecular flexibility index (Phi) is 5.35. The summed E-state index contributed by atoms with van der Waals surface area (Å²) in [6, 6.07) is 0. The summed E-state index contributed by atoms with van der Waals surface area (Å²) in [5, 5.41) is 0. The Morgan fingerprint density at radius 3 is 3.08 bits per heavy atom. The van der Waals surface area contributed by atoms with E-state index in [2.05, 4.69) is 11.8 Å². The van der Waals surface area contributed by atoms with Crippen LogP contribution in [0.5, 0.6) is 0 Å². The van der Waals surface area contributed by atoms with E-state index in [9.17, 15) is 0 Å². The van der Waals surface area contributed by atoms with Crippen LogP contribution in [0, 0.1) is 0 Å². The molecule has 0 aromatic carbocycles. The third kappa shape index (κ3) is 4.07. The SMILES string of the molecule is CCCN1CCOC(CCOC)C1. The molecule has 1 aliphatic heterocycles. The second kappa shape index (κ2) is 6.35. The molecule has 78 valence electrons. The molecule has 1 unspecified atom stereocenters. The van der Waals surface area contributed by atoms with E-state index >= 15 is 0 Å². The van der Waals surface area contributed by atoms with E-state index in [-0.39, 0.29) is 0 Å². The van der Waals surface area contributed by atoms with Gasteiger partial charge in [-0.3, -0.25) is 4.90 Å². The summed E-state index contributed by atoms with van der Waals surface area (Å²) in [5.41, 5.74) is 0. The molecule has 0 bridgehead atoms. The van der Waals surface area contributed by atoms with Gasteiger partial charge in [-0.25, -0.2) is 0 Å². The molecule has 1 fully saturated rings. The molecule has 1 saturated heterocycles. The number of rotatable bonds is 5. The van der Waals surface area contributed by atoms with Crippen LogP contribution >= 0.6 is 0 Å². The molecule has 0 aromatic rings. The summed E-state index contributed by atoms with van der Waals surface area (Å²) in [6.07, 6.45) is 2.65. The van der Waals surface area contributed by atoms with Crippen LogP contribution in [0.1, 0.15) is 19.8 Å². The van der Waals surface area contributed by atoms with Crippen molar-refractivity contribution >= 4 is 0 Å². The van der Waals surface area contributed by atoms with E-state index < -0.39 is 0 Å². The summed E-state index contributed by atoms with van der Waals surface area (Å²) in [4.78, 5) is 2.48. The van der Waals surface area contributed by atoms with Gasteiger partial charge in [0.15, 0.2) is 0 Å².